The highest BCUT2D eigenvalue weighted by atomic mass is 33.1. The Hall–Kier alpha value is 0.580. The molecule has 0 radical (unpaired) electrons. The monoisotopic (exact) mass is 170 g/mol. The van der Waals surface area contributed by atoms with E-state index in [-0.39, 0.29) is 6.61 Å². The second kappa shape index (κ2) is 8.58. The van der Waals surface area contributed by atoms with Crippen LogP contribution < -0.4 is 0 Å². The highest BCUT2D eigenvalue weighted by Crippen LogP contribution is 2.19. The molecular weight excluding hydrogens is 160 g/mol. The van der Waals surface area contributed by atoms with Crippen LogP contribution in [0.2, 0.25) is 0 Å². The van der Waals surface area contributed by atoms with Crippen molar-refractivity contribution in [2.45, 2.75) is 0 Å². The van der Waals surface area contributed by atoms with E-state index in [1.54, 1.807) is 21.6 Å². The molecule has 0 bridgehead atoms. The maximum absolute atomic E-state index is 8.31. The van der Waals surface area contributed by atoms with E-state index < -0.39 is 0 Å². The Morgan fingerprint density at radius 1 is 1.22 bits per heavy atom. The Bertz CT molecular complexity index is 47.1. The van der Waals surface area contributed by atoms with Crippen LogP contribution in [0.5, 0.6) is 0 Å². The lowest BCUT2D eigenvalue weighted by Crippen LogP contribution is -1.90. The second-order valence-electron chi connectivity index (χ2n) is 1.20. The lowest BCUT2D eigenvalue weighted by Gasteiger charge is -1.95. The molecule has 0 atom stereocenters. The summed E-state index contributed by atoms with van der Waals surface area (Å²) in [6.07, 6.45) is 0. The summed E-state index contributed by atoms with van der Waals surface area (Å²) >= 11 is 0. The van der Waals surface area contributed by atoms with Gasteiger partial charge in [-0.1, -0.05) is 21.6 Å². The first-order chi connectivity index (χ1) is 4.41. The maximum Gasteiger partial charge on any atom is 0.0918 e. The number of hydrogen-bond acceptors (Lipinski definition) is 5. The topological polar surface area (TPSA) is 49.7 Å². The van der Waals surface area contributed by atoms with Crippen molar-refractivity contribution in [2.75, 3.05) is 24.7 Å². The van der Waals surface area contributed by atoms with Gasteiger partial charge in [-0.15, -0.1) is 0 Å². The molecule has 2 N–H and O–H groups in total. The van der Waals surface area contributed by atoms with Crippen LogP contribution in [0.25, 0.3) is 0 Å². The third-order valence-corrected chi connectivity index (χ3v) is 2.87. The average Bonchev–Trinajstić information content (AvgIpc) is 1.89. The molecule has 0 aliphatic heterocycles. The maximum atomic E-state index is 8.31. The quantitative estimate of drug-likeness (QED) is 0.268. The zero-order valence-electron chi connectivity index (χ0n) is 4.95. The lowest BCUT2D eigenvalue weighted by atomic mass is 10.9. The predicted octanol–water partition coefficient (Wildman–Crippen LogP) is 0.850. The van der Waals surface area contributed by atoms with Gasteiger partial charge in [0.05, 0.1) is 13.2 Å². The lowest BCUT2D eigenvalue weighted by molar-refractivity contribution is -0.236. The van der Waals surface area contributed by atoms with Crippen molar-refractivity contribution >= 4 is 21.6 Å². The molecule has 0 saturated heterocycles. The number of hydrogen-bond donors (Lipinski definition) is 2. The third kappa shape index (κ3) is 8.58. The van der Waals surface area contributed by atoms with Gasteiger partial charge in [-0.3, -0.25) is 5.26 Å². The molecule has 56 valence electrons. The van der Waals surface area contributed by atoms with Crippen LogP contribution in [0.4, 0.5) is 0 Å². The van der Waals surface area contributed by atoms with Gasteiger partial charge in [-0.05, 0) is 0 Å². The highest BCUT2D eigenvalue weighted by molar-refractivity contribution is 8.76. The van der Waals surface area contributed by atoms with Crippen molar-refractivity contribution in [1.29, 1.82) is 0 Å². The number of rotatable bonds is 6. The Labute approximate surface area is 62.1 Å². The van der Waals surface area contributed by atoms with Gasteiger partial charge in [-0.25, -0.2) is 4.89 Å². The van der Waals surface area contributed by atoms with Crippen LogP contribution in [0.3, 0.4) is 0 Å². The Morgan fingerprint density at radius 3 is 2.44 bits per heavy atom. The Morgan fingerprint density at radius 2 is 1.89 bits per heavy atom. The second-order valence-corrected chi connectivity index (χ2v) is 3.90. The van der Waals surface area contributed by atoms with E-state index in [0.29, 0.717) is 6.61 Å². The van der Waals surface area contributed by atoms with E-state index in [1.165, 1.54) is 0 Å². The van der Waals surface area contributed by atoms with Gasteiger partial charge in [-0.2, -0.15) is 0 Å². The van der Waals surface area contributed by atoms with Crippen molar-refractivity contribution in [1.82, 2.24) is 0 Å². The minimum atomic E-state index is 0.206. The average molecular weight is 170 g/mol. The summed E-state index contributed by atoms with van der Waals surface area (Å²) in [6.45, 7) is 0.556. The van der Waals surface area contributed by atoms with E-state index in [1.807, 2.05) is 0 Å². The molecule has 3 nitrogen and oxygen atoms in total. The Balaban J connectivity index is 2.60. The molecule has 0 aliphatic carbocycles. The summed E-state index contributed by atoms with van der Waals surface area (Å²) in [7, 11) is 3.14. The first-order valence-electron chi connectivity index (χ1n) is 2.53. The third-order valence-electron chi connectivity index (χ3n) is 0.516. The van der Waals surface area contributed by atoms with Gasteiger partial charge in [0, 0.05) is 11.5 Å². The van der Waals surface area contributed by atoms with Gasteiger partial charge < -0.3 is 5.11 Å². The van der Waals surface area contributed by atoms with Gasteiger partial charge >= 0.3 is 0 Å². The van der Waals surface area contributed by atoms with E-state index in [4.69, 9.17) is 10.4 Å². The molecule has 0 saturated carbocycles. The number of aliphatic hydroxyl groups is 1. The van der Waals surface area contributed by atoms with Crippen LogP contribution >= 0.6 is 21.6 Å². The first kappa shape index (κ1) is 9.58. The largest absolute Gasteiger partial charge is 0.395 e. The summed E-state index contributed by atoms with van der Waals surface area (Å²) < 4.78 is 0. The van der Waals surface area contributed by atoms with Crippen molar-refractivity contribution in [3.05, 3.63) is 0 Å². The van der Waals surface area contributed by atoms with Crippen LogP contribution in [0, 0.1) is 0 Å². The molecule has 0 heterocycles. The molecule has 0 rings (SSSR count). The predicted molar refractivity (Wildman–Crippen MR) is 40.6 cm³/mol. The Kier molecular flexibility index (Phi) is 9.13. The molecule has 0 fully saturated rings. The van der Waals surface area contributed by atoms with Crippen molar-refractivity contribution in [3.8, 4) is 0 Å². The summed E-state index contributed by atoms with van der Waals surface area (Å²) in [5.74, 6) is 1.48. The molecule has 0 aliphatic rings. The fourth-order valence-corrected chi connectivity index (χ4v) is 1.81. The van der Waals surface area contributed by atoms with Gasteiger partial charge in [0.25, 0.3) is 0 Å². The fraction of sp³-hybridized carbons (Fsp3) is 1.00. The first-order valence-corrected chi connectivity index (χ1v) is 5.02. The van der Waals surface area contributed by atoms with E-state index >= 15 is 0 Å². The van der Waals surface area contributed by atoms with E-state index in [2.05, 4.69) is 4.89 Å². The van der Waals surface area contributed by atoms with Crippen molar-refractivity contribution in [2.24, 2.45) is 0 Å². The molecule has 0 aromatic heterocycles. The molecular formula is C4H10O3S2. The molecule has 5 heteroatoms. The summed E-state index contributed by atoms with van der Waals surface area (Å²) in [5, 5.41) is 16.2. The minimum Gasteiger partial charge on any atom is -0.395 e. The van der Waals surface area contributed by atoms with E-state index in [0.717, 1.165) is 11.5 Å². The van der Waals surface area contributed by atoms with Crippen LogP contribution in [0.1, 0.15) is 0 Å². The summed E-state index contributed by atoms with van der Waals surface area (Å²) in [4.78, 5) is 3.83. The number of aliphatic hydroxyl groups excluding tert-OH is 1. The molecule has 9 heavy (non-hydrogen) atoms. The van der Waals surface area contributed by atoms with Crippen LogP contribution in [-0.4, -0.2) is 35.1 Å². The standard InChI is InChI=1S/C4H10O3S2/c5-1-3-8-9-4-2-7-6/h5-6H,1-4H2. The van der Waals surface area contributed by atoms with E-state index in [9.17, 15) is 0 Å². The SMILES string of the molecule is OCCSSCCOO. The van der Waals surface area contributed by atoms with Gasteiger partial charge in [0.15, 0.2) is 0 Å². The molecule has 0 spiro atoms. The molecule has 0 amide bonds. The van der Waals surface area contributed by atoms with Crippen molar-refractivity contribution in [3.63, 3.8) is 0 Å². The van der Waals surface area contributed by atoms with Gasteiger partial charge in [0.2, 0.25) is 0 Å². The fourth-order valence-electron chi connectivity index (χ4n) is 0.226. The zero-order chi connectivity index (χ0) is 6.95. The molecule has 0 aromatic carbocycles. The highest BCUT2D eigenvalue weighted by Gasteiger charge is 1.87. The minimum absolute atomic E-state index is 0.206. The smallest absolute Gasteiger partial charge is 0.0918 e. The van der Waals surface area contributed by atoms with Crippen molar-refractivity contribution < 1.29 is 15.3 Å². The summed E-state index contributed by atoms with van der Waals surface area (Å²) in [6, 6.07) is 0. The summed E-state index contributed by atoms with van der Waals surface area (Å²) in [5.41, 5.74) is 0. The molecule has 0 unspecified atom stereocenters. The van der Waals surface area contributed by atoms with Crippen LogP contribution in [-0.2, 0) is 4.89 Å². The van der Waals surface area contributed by atoms with Crippen LogP contribution in [0.15, 0.2) is 0 Å². The molecule has 0 aromatic rings. The van der Waals surface area contributed by atoms with Gasteiger partial charge in [0.1, 0.15) is 0 Å². The zero-order valence-corrected chi connectivity index (χ0v) is 6.58. The normalized spacial score (nSPS) is 10.0.